The summed E-state index contributed by atoms with van der Waals surface area (Å²) < 4.78 is 53.0. The Labute approximate surface area is 117 Å². The summed E-state index contributed by atoms with van der Waals surface area (Å²) in [6.07, 6.45) is 1.09. The van der Waals surface area contributed by atoms with Crippen LogP contribution in [-0.2, 0) is 10.0 Å². The second-order valence-electron chi connectivity index (χ2n) is 4.97. The molecule has 2 rings (SSSR count). The molecule has 0 saturated carbocycles. The summed E-state index contributed by atoms with van der Waals surface area (Å²) in [5.74, 6) is -2.57. The van der Waals surface area contributed by atoms with E-state index in [1.165, 1.54) is 6.92 Å². The number of sulfonamides is 1. The summed E-state index contributed by atoms with van der Waals surface area (Å²) in [6, 6.07) is 2.47. The number of piperidine rings is 1. The number of hydrogen-bond donors (Lipinski definition) is 1. The lowest BCUT2D eigenvalue weighted by atomic mass is 10.0. The van der Waals surface area contributed by atoms with Gasteiger partial charge in [0.1, 0.15) is 4.90 Å². The molecule has 20 heavy (non-hydrogen) atoms. The first kappa shape index (κ1) is 15.3. The molecule has 1 aromatic rings. The minimum Gasteiger partial charge on any atom is -0.392 e. The molecule has 0 radical (unpaired) electrons. The van der Waals surface area contributed by atoms with E-state index in [0.29, 0.717) is 12.8 Å². The molecule has 1 saturated heterocycles. The van der Waals surface area contributed by atoms with Crippen LogP contribution in [0.25, 0.3) is 0 Å². The van der Waals surface area contributed by atoms with Crippen molar-refractivity contribution in [3.05, 3.63) is 29.8 Å². The number of nitrogens with zero attached hydrogens (tertiary/aromatic N) is 1. The molecule has 0 aliphatic carbocycles. The van der Waals surface area contributed by atoms with Gasteiger partial charge in [0.25, 0.3) is 0 Å². The fourth-order valence-electron chi connectivity index (χ4n) is 2.52. The van der Waals surface area contributed by atoms with Crippen LogP contribution in [0.15, 0.2) is 23.1 Å². The highest BCUT2D eigenvalue weighted by Gasteiger charge is 2.37. The Morgan fingerprint density at radius 3 is 2.70 bits per heavy atom. The van der Waals surface area contributed by atoms with Crippen LogP contribution in [0.5, 0.6) is 0 Å². The SMILES string of the molecule is CC(O)C1CCCCN1S(=O)(=O)c1cccc(F)c1F. The Morgan fingerprint density at radius 2 is 2.05 bits per heavy atom. The lowest BCUT2D eigenvalue weighted by molar-refractivity contribution is 0.0829. The quantitative estimate of drug-likeness (QED) is 0.928. The summed E-state index contributed by atoms with van der Waals surface area (Å²) >= 11 is 0. The zero-order valence-corrected chi connectivity index (χ0v) is 11.9. The number of aliphatic hydroxyl groups excluding tert-OH is 1. The third-order valence-electron chi connectivity index (χ3n) is 3.56. The molecule has 2 unspecified atom stereocenters. The van der Waals surface area contributed by atoms with Gasteiger partial charge in [-0.15, -0.1) is 0 Å². The van der Waals surface area contributed by atoms with Gasteiger partial charge in [-0.3, -0.25) is 0 Å². The van der Waals surface area contributed by atoms with Crippen LogP contribution < -0.4 is 0 Å². The van der Waals surface area contributed by atoms with Crippen LogP contribution in [0.3, 0.4) is 0 Å². The molecule has 0 spiro atoms. The number of benzene rings is 1. The first-order valence-corrected chi connectivity index (χ1v) is 7.93. The van der Waals surface area contributed by atoms with Crippen LogP contribution in [0.1, 0.15) is 26.2 Å². The lowest BCUT2D eigenvalue weighted by Crippen LogP contribution is -2.48. The van der Waals surface area contributed by atoms with Crippen molar-refractivity contribution in [3.63, 3.8) is 0 Å². The number of hydrogen-bond acceptors (Lipinski definition) is 3. The third kappa shape index (κ3) is 2.70. The van der Waals surface area contributed by atoms with Crippen molar-refractivity contribution in [1.82, 2.24) is 4.31 Å². The fraction of sp³-hybridized carbons (Fsp3) is 0.538. The van der Waals surface area contributed by atoms with Crippen LogP contribution in [0, 0.1) is 11.6 Å². The molecule has 1 N–H and O–H groups in total. The molecular weight excluding hydrogens is 288 g/mol. The van der Waals surface area contributed by atoms with E-state index in [1.807, 2.05) is 0 Å². The monoisotopic (exact) mass is 305 g/mol. The normalized spacial score (nSPS) is 22.7. The minimum atomic E-state index is -4.15. The van der Waals surface area contributed by atoms with E-state index in [0.717, 1.165) is 28.9 Å². The van der Waals surface area contributed by atoms with Crippen molar-refractivity contribution in [2.45, 2.75) is 43.2 Å². The van der Waals surface area contributed by atoms with E-state index in [1.54, 1.807) is 0 Å². The second-order valence-corrected chi connectivity index (χ2v) is 6.83. The first-order valence-electron chi connectivity index (χ1n) is 6.49. The Hall–Kier alpha value is -1.05. The average Bonchev–Trinajstić information content (AvgIpc) is 2.41. The van der Waals surface area contributed by atoms with Gasteiger partial charge < -0.3 is 5.11 Å². The van der Waals surface area contributed by atoms with Crippen LogP contribution in [0.4, 0.5) is 8.78 Å². The third-order valence-corrected chi connectivity index (χ3v) is 5.50. The van der Waals surface area contributed by atoms with Gasteiger partial charge in [0.15, 0.2) is 11.6 Å². The molecule has 4 nitrogen and oxygen atoms in total. The van der Waals surface area contributed by atoms with Gasteiger partial charge in [0.2, 0.25) is 10.0 Å². The molecule has 1 aliphatic heterocycles. The van der Waals surface area contributed by atoms with Gasteiger partial charge >= 0.3 is 0 Å². The predicted octanol–water partition coefficient (Wildman–Crippen LogP) is 1.89. The smallest absolute Gasteiger partial charge is 0.246 e. The van der Waals surface area contributed by atoms with E-state index in [2.05, 4.69) is 0 Å². The molecule has 1 aromatic carbocycles. The summed E-state index contributed by atoms with van der Waals surface area (Å²) in [5, 5.41) is 9.71. The number of rotatable bonds is 3. The van der Waals surface area contributed by atoms with Crippen molar-refractivity contribution in [2.24, 2.45) is 0 Å². The van der Waals surface area contributed by atoms with E-state index in [4.69, 9.17) is 0 Å². The fourth-order valence-corrected chi connectivity index (χ4v) is 4.36. The molecule has 0 bridgehead atoms. The van der Waals surface area contributed by atoms with E-state index in [-0.39, 0.29) is 6.54 Å². The van der Waals surface area contributed by atoms with Gasteiger partial charge in [-0.1, -0.05) is 12.5 Å². The average molecular weight is 305 g/mol. The van der Waals surface area contributed by atoms with Gasteiger partial charge in [-0.05, 0) is 31.9 Å². The highest BCUT2D eigenvalue weighted by atomic mass is 32.2. The largest absolute Gasteiger partial charge is 0.392 e. The molecule has 0 aromatic heterocycles. The van der Waals surface area contributed by atoms with E-state index in [9.17, 15) is 22.3 Å². The Morgan fingerprint density at radius 1 is 1.35 bits per heavy atom. The van der Waals surface area contributed by atoms with E-state index < -0.39 is 38.7 Å². The van der Waals surface area contributed by atoms with Gasteiger partial charge in [-0.25, -0.2) is 17.2 Å². The minimum absolute atomic E-state index is 0.202. The molecule has 0 amide bonds. The van der Waals surface area contributed by atoms with Crippen molar-refractivity contribution >= 4 is 10.0 Å². The van der Waals surface area contributed by atoms with Crippen molar-refractivity contribution in [1.29, 1.82) is 0 Å². The zero-order valence-electron chi connectivity index (χ0n) is 11.1. The molecule has 1 aliphatic rings. The van der Waals surface area contributed by atoms with Gasteiger partial charge in [-0.2, -0.15) is 4.31 Å². The maximum Gasteiger partial charge on any atom is 0.246 e. The summed E-state index contributed by atoms with van der Waals surface area (Å²) in [7, 11) is -4.15. The maximum absolute atomic E-state index is 13.7. The van der Waals surface area contributed by atoms with Gasteiger partial charge in [0.05, 0.1) is 12.1 Å². The summed E-state index contributed by atoms with van der Waals surface area (Å²) in [4.78, 5) is -0.676. The second kappa shape index (κ2) is 5.75. The Kier molecular flexibility index (Phi) is 4.41. The molecule has 7 heteroatoms. The van der Waals surface area contributed by atoms with E-state index >= 15 is 0 Å². The maximum atomic E-state index is 13.7. The molecule has 1 heterocycles. The van der Waals surface area contributed by atoms with Crippen molar-refractivity contribution in [2.75, 3.05) is 6.54 Å². The van der Waals surface area contributed by atoms with Gasteiger partial charge in [0, 0.05) is 6.54 Å². The highest BCUT2D eigenvalue weighted by molar-refractivity contribution is 7.89. The van der Waals surface area contributed by atoms with Crippen LogP contribution >= 0.6 is 0 Å². The predicted molar refractivity (Wildman–Crippen MR) is 69.6 cm³/mol. The van der Waals surface area contributed by atoms with Crippen LogP contribution in [0.2, 0.25) is 0 Å². The topological polar surface area (TPSA) is 57.6 Å². The van der Waals surface area contributed by atoms with Crippen molar-refractivity contribution in [3.8, 4) is 0 Å². The highest BCUT2D eigenvalue weighted by Crippen LogP contribution is 2.28. The summed E-state index contributed by atoms with van der Waals surface area (Å²) in [5.41, 5.74) is 0. The number of aliphatic hydroxyl groups is 1. The Bertz CT molecular complexity index is 589. The first-order chi connectivity index (χ1) is 9.35. The number of halogens is 2. The zero-order chi connectivity index (χ0) is 14.9. The standard InChI is InChI=1S/C13H17F2NO3S/c1-9(17)11-6-2-3-8-16(11)20(18,19)12-7-4-5-10(14)13(12)15/h4-5,7,9,11,17H,2-3,6,8H2,1H3. The molecular formula is C13H17F2NO3S. The molecule has 1 fully saturated rings. The molecule has 112 valence electrons. The summed E-state index contributed by atoms with van der Waals surface area (Å²) in [6.45, 7) is 1.70. The lowest BCUT2D eigenvalue weighted by Gasteiger charge is -2.36. The Balaban J connectivity index is 2.45. The van der Waals surface area contributed by atoms with Crippen LogP contribution in [-0.4, -0.2) is 36.5 Å². The molecule has 2 atom stereocenters. The van der Waals surface area contributed by atoms with Crippen molar-refractivity contribution < 1.29 is 22.3 Å².